The molecule has 3 aromatic rings. The highest BCUT2D eigenvalue weighted by atomic mass is 19.4. The molecular formula is C25H29F5N8O2. The van der Waals surface area contributed by atoms with E-state index in [0.29, 0.717) is 23.6 Å². The predicted octanol–water partition coefficient (Wildman–Crippen LogP) is 3.49. The maximum atomic E-state index is 13.9. The van der Waals surface area contributed by atoms with Crippen LogP contribution in [-0.2, 0) is 17.8 Å². The third-order valence-electron chi connectivity index (χ3n) is 7.72. The number of carbonyl (C=O) groups is 2. The van der Waals surface area contributed by atoms with Crippen molar-refractivity contribution in [2.75, 3.05) is 6.54 Å². The van der Waals surface area contributed by atoms with Gasteiger partial charge in [-0.3, -0.25) is 14.3 Å². The van der Waals surface area contributed by atoms with Gasteiger partial charge >= 0.3 is 6.18 Å². The molecule has 216 valence electrons. The molecule has 1 aliphatic heterocycles. The van der Waals surface area contributed by atoms with E-state index >= 15 is 0 Å². The van der Waals surface area contributed by atoms with Gasteiger partial charge in [0.25, 0.3) is 11.7 Å². The largest absolute Gasteiger partial charge is 0.393 e. The molecule has 15 heteroatoms. The number of hydrogen-bond donors (Lipinski definition) is 2. The zero-order valence-electron chi connectivity index (χ0n) is 21.7. The fourth-order valence-corrected chi connectivity index (χ4v) is 5.48. The lowest BCUT2D eigenvalue weighted by molar-refractivity contribution is -0.183. The molecule has 1 aliphatic carbocycles. The minimum atomic E-state index is -4.42. The summed E-state index contributed by atoms with van der Waals surface area (Å²) < 4.78 is 70.3. The van der Waals surface area contributed by atoms with Gasteiger partial charge in [0.05, 0.1) is 35.7 Å². The lowest BCUT2D eigenvalue weighted by Gasteiger charge is -2.33. The van der Waals surface area contributed by atoms with Crippen LogP contribution in [0.1, 0.15) is 66.9 Å². The van der Waals surface area contributed by atoms with Gasteiger partial charge < -0.3 is 10.6 Å². The molecule has 1 saturated heterocycles. The molecule has 0 radical (unpaired) electrons. The number of piperidine rings is 1. The number of aromatic nitrogens is 6. The van der Waals surface area contributed by atoms with Gasteiger partial charge in [-0.05, 0) is 38.2 Å². The summed E-state index contributed by atoms with van der Waals surface area (Å²) in [6.45, 7) is 1.85. The van der Waals surface area contributed by atoms with Crippen LogP contribution in [0, 0.1) is 17.8 Å². The first kappa shape index (κ1) is 27.9. The SMILES string of the molecule is CCn1nccc1C(=O)N[C@H](c1cn2nc(C[C@H]3C[C@H](C(F)(F)F)CNC3=O)cnc2n1)C1CCC(F)(F)CC1. The van der Waals surface area contributed by atoms with Crippen LogP contribution in [0.2, 0.25) is 0 Å². The summed E-state index contributed by atoms with van der Waals surface area (Å²) in [5, 5.41) is 13.8. The molecule has 2 fully saturated rings. The van der Waals surface area contributed by atoms with Gasteiger partial charge in [-0.25, -0.2) is 23.3 Å². The lowest BCUT2D eigenvalue weighted by atomic mass is 9.81. The van der Waals surface area contributed by atoms with Crippen LogP contribution in [0.3, 0.4) is 0 Å². The molecular weight excluding hydrogens is 539 g/mol. The van der Waals surface area contributed by atoms with E-state index in [1.165, 1.54) is 27.8 Å². The molecule has 0 aromatic carbocycles. The van der Waals surface area contributed by atoms with Gasteiger partial charge in [0, 0.05) is 44.5 Å². The summed E-state index contributed by atoms with van der Waals surface area (Å²) in [5.74, 6) is -6.38. The monoisotopic (exact) mass is 568 g/mol. The number of aryl methyl sites for hydroxylation is 1. The Balaban J connectivity index is 1.39. The van der Waals surface area contributed by atoms with E-state index in [0.717, 1.165) is 0 Å². The van der Waals surface area contributed by atoms with Crippen LogP contribution in [0.5, 0.6) is 0 Å². The van der Waals surface area contributed by atoms with Crippen molar-refractivity contribution in [1.29, 1.82) is 0 Å². The zero-order chi connectivity index (χ0) is 28.7. The molecule has 0 unspecified atom stereocenters. The molecule has 2 amide bonds. The molecule has 2 N–H and O–H groups in total. The number of nitrogens with zero attached hydrogens (tertiary/aromatic N) is 6. The third-order valence-corrected chi connectivity index (χ3v) is 7.72. The normalized spacial score (nSPS) is 22.7. The van der Waals surface area contributed by atoms with Crippen molar-refractivity contribution >= 4 is 17.6 Å². The molecule has 5 rings (SSSR count). The van der Waals surface area contributed by atoms with Crippen molar-refractivity contribution in [2.45, 2.75) is 70.1 Å². The summed E-state index contributed by atoms with van der Waals surface area (Å²) in [4.78, 5) is 34.1. The highest BCUT2D eigenvalue weighted by Crippen LogP contribution is 2.41. The van der Waals surface area contributed by atoms with Crippen molar-refractivity contribution in [2.24, 2.45) is 17.8 Å². The second-order valence-corrected chi connectivity index (χ2v) is 10.5. The average molecular weight is 569 g/mol. The molecule has 4 heterocycles. The molecule has 3 atom stereocenters. The number of carbonyl (C=O) groups excluding carboxylic acids is 2. The number of halogens is 5. The smallest absolute Gasteiger partial charge is 0.355 e. The Hall–Kier alpha value is -3.65. The topological polar surface area (TPSA) is 119 Å². The number of hydrogen-bond acceptors (Lipinski definition) is 6. The minimum Gasteiger partial charge on any atom is -0.355 e. The Morgan fingerprint density at radius 1 is 1.27 bits per heavy atom. The van der Waals surface area contributed by atoms with Crippen LogP contribution >= 0.6 is 0 Å². The van der Waals surface area contributed by atoms with Crippen molar-refractivity contribution in [3.63, 3.8) is 0 Å². The number of alkyl halides is 5. The van der Waals surface area contributed by atoms with Gasteiger partial charge in [-0.2, -0.15) is 23.4 Å². The Labute approximate surface area is 225 Å². The van der Waals surface area contributed by atoms with Gasteiger partial charge in [0.15, 0.2) is 0 Å². The van der Waals surface area contributed by atoms with E-state index in [9.17, 15) is 31.5 Å². The predicted molar refractivity (Wildman–Crippen MR) is 130 cm³/mol. The third kappa shape index (κ3) is 5.92. The second kappa shape index (κ2) is 10.7. The summed E-state index contributed by atoms with van der Waals surface area (Å²) >= 11 is 0. The van der Waals surface area contributed by atoms with E-state index in [1.807, 2.05) is 6.92 Å². The molecule has 0 bridgehead atoms. The van der Waals surface area contributed by atoms with Crippen molar-refractivity contribution < 1.29 is 31.5 Å². The number of amides is 2. The van der Waals surface area contributed by atoms with Crippen LogP contribution in [-0.4, -0.2) is 59.8 Å². The van der Waals surface area contributed by atoms with Crippen LogP contribution in [0.4, 0.5) is 22.0 Å². The van der Waals surface area contributed by atoms with E-state index < -0.39 is 48.3 Å². The van der Waals surface area contributed by atoms with E-state index in [4.69, 9.17) is 0 Å². The first-order chi connectivity index (χ1) is 18.9. The first-order valence-corrected chi connectivity index (χ1v) is 13.2. The van der Waals surface area contributed by atoms with E-state index in [-0.39, 0.29) is 50.2 Å². The van der Waals surface area contributed by atoms with Gasteiger partial charge in [0.1, 0.15) is 5.69 Å². The lowest BCUT2D eigenvalue weighted by Crippen LogP contribution is -2.47. The maximum absolute atomic E-state index is 13.9. The minimum absolute atomic E-state index is 0.0479. The Bertz CT molecular complexity index is 1380. The number of nitrogens with one attached hydrogen (secondary N) is 2. The Kier molecular flexibility index (Phi) is 7.48. The average Bonchev–Trinajstić information content (AvgIpc) is 3.55. The second-order valence-electron chi connectivity index (χ2n) is 10.5. The van der Waals surface area contributed by atoms with E-state index in [1.54, 1.807) is 6.07 Å². The number of imidazole rings is 1. The van der Waals surface area contributed by atoms with Gasteiger partial charge in [-0.1, -0.05) is 0 Å². The quantitative estimate of drug-likeness (QED) is 0.422. The fraction of sp³-hybridized carbons (Fsp3) is 0.600. The number of rotatable bonds is 7. The highest BCUT2D eigenvalue weighted by Gasteiger charge is 2.45. The van der Waals surface area contributed by atoms with Crippen molar-refractivity contribution in [3.8, 4) is 0 Å². The molecule has 2 aliphatic rings. The summed E-state index contributed by atoms with van der Waals surface area (Å²) in [5.41, 5.74) is 0.985. The van der Waals surface area contributed by atoms with Gasteiger partial charge in [0.2, 0.25) is 11.8 Å². The van der Waals surface area contributed by atoms with E-state index in [2.05, 4.69) is 30.8 Å². The Morgan fingerprint density at radius 2 is 2.02 bits per heavy atom. The highest BCUT2D eigenvalue weighted by molar-refractivity contribution is 5.92. The van der Waals surface area contributed by atoms with Crippen LogP contribution in [0.15, 0.2) is 24.7 Å². The van der Waals surface area contributed by atoms with Crippen LogP contribution < -0.4 is 10.6 Å². The summed E-state index contributed by atoms with van der Waals surface area (Å²) in [7, 11) is 0. The first-order valence-electron chi connectivity index (χ1n) is 13.2. The molecule has 3 aromatic heterocycles. The molecule has 10 nitrogen and oxygen atoms in total. The molecule has 0 spiro atoms. The molecule has 1 saturated carbocycles. The van der Waals surface area contributed by atoms with Gasteiger partial charge in [-0.15, -0.1) is 0 Å². The summed E-state index contributed by atoms with van der Waals surface area (Å²) in [6.07, 6.45) is -0.723. The maximum Gasteiger partial charge on any atom is 0.393 e. The summed E-state index contributed by atoms with van der Waals surface area (Å²) in [6, 6.07) is 0.849. The Morgan fingerprint density at radius 3 is 2.73 bits per heavy atom. The molecule has 40 heavy (non-hydrogen) atoms. The van der Waals surface area contributed by atoms with Crippen molar-refractivity contribution in [1.82, 2.24) is 40.0 Å². The fourth-order valence-electron chi connectivity index (χ4n) is 5.48. The standard InChI is InChI=1S/C25H29F5N8O2/c1-2-37-19(5-8-33-37)22(40)35-20(14-3-6-24(26,27)7-4-14)18-13-38-23(34-18)32-12-17(36-38)10-15-9-16(25(28,29)30)11-31-21(15)39/h5,8,12-16,20H,2-4,6-7,9-11H2,1H3,(H,31,39)(H,35,40)/t15-,16+,20+/m1/s1. The van der Waals surface area contributed by atoms with Crippen molar-refractivity contribution in [3.05, 3.63) is 41.7 Å². The number of fused-ring (bicyclic) bond motifs is 1. The zero-order valence-corrected chi connectivity index (χ0v) is 21.7. The van der Waals surface area contributed by atoms with Crippen LogP contribution in [0.25, 0.3) is 5.78 Å².